The number of nitrogens with zero attached hydrogens (tertiary/aromatic N) is 1. The van der Waals surface area contributed by atoms with Gasteiger partial charge in [-0.1, -0.05) is 29.3 Å². The second-order valence-electron chi connectivity index (χ2n) is 3.78. The maximum absolute atomic E-state index is 11.1. The highest BCUT2D eigenvalue weighted by atomic mass is 35.5. The molecular weight excluding hydrogens is 277 g/mol. The molecule has 0 radical (unpaired) electrons. The Kier molecular flexibility index (Phi) is 3.99. The van der Waals surface area contributed by atoms with E-state index < -0.39 is 5.97 Å². The van der Waals surface area contributed by atoms with Crippen LogP contribution >= 0.6 is 23.2 Å². The van der Waals surface area contributed by atoms with Crippen LogP contribution in [0.4, 0.5) is 5.69 Å². The molecule has 0 aliphatic carbocycles. The van der Waals surface area contributed by atoms with Crippen LogP contribution in [0.5, 0.6) is 5.75 Å². The smallest absolute Gasteiger partial charge is 0.339 e. The average molecular weight is 288 g/mol. The van der Waals surface area contributed by atoms with Crippen LogP contribution in [0.15, 0.2) is 28.8 Å². The molecule has 1 aromatic carbocycles. The lowest BCUT2D eigenvalue weighted by Crippen LogP contribution is -2.34. The number of carbonyl (C=O) groups is 1. The Balaban J connectivity index is 2.38. The number of benzene rings is 1. The second kappa shape index (κ2) is 5.50. The number of aromatic carboxylic acids is 1. The van der Waals surface area contributed by atoms with Gasteiger partial charge in [-0.25, -0.2) is 4.79 Å². The number of carboxylic acid groups (broad SMARTS) is 1. The molecule has 0 unspecified atom stereocenters. The quantitative estimate of drug-likeness (QED) is 0.929. The lowest BCUT2D eigenvalue weighted by atomic mass is 10.1. The van der Waals surface area contributed by atoms with Crippen molar-refractivity contribution in [2.24, 2.45) is 0 Å². The molecule has 0 saturated carbocycles. The largest absolute Gasteiger partial charge is 0.489 e. The number of hydrogen-bond acceptors (Lipinski definition) is 3. The molecule has 96 valence electrons. The summed E-state index contributed by atoms with van der Waals surface area (Å²) in [7, 11) is 0. The third kappa shape index (κ3) is 2.54. The molecule has 1 aliphatic rings. The first kappa shape index (κ1) is 13.1. The summed E-state index contributed by atoms with van der Waals surface area (Å²) in [5, 5.41) is 9.59. The minimum absolute atomic E-state index is 0.156. The summed E-state index contributed by atoms with van der Waals surface area (Å²) < 4.78 is 5.44. The Hall–Kier alpha value is -1.39. The van der Waals surface area contributed by atoms with Crippen molar-refractivity contribution < 1.29 is 14.6 Å². The summed E-state index contributed by atoms with van der Waals surface area (Å²) in [6.07, 6.45) is 0. The monoisotopic (exact) mass is 287 g/mol. The molecule has 1 aromatic rings. The molecule has 6 heteroatoms. The van der Waals surface area contributed by atoms with Gasteiger partial charge in [-0.05, 0) is 12.1 Å². The summed E-state index contributed by atoms with van der Waals surface area (Å²) >= 11 is 11.4. The zero-order valence-electron chi connectivity index (χ0n) is 9.40. The van der Waals surface area contributed by atoms with E-state index in [1.807, 2.05) is 4.90 Å². The van der Waals surface area contributed by atoms with Gasteiger partial charge < -0.3 is 14.7 Å². The fourth-order valence-corrected chi connectivity index (χ4v) is 2.07. The SMILES string of the molecule is O=C(O)c1cccc2c1OCCN2C/C(Cl)=C/Cl. The summed E-state index contributed by atoms with van der Waals surface area (Å²) in [5.74, 6) is -0.622. The average Bonchev–Trinajstić information content (AvgIpc) is 2.38. The zero-order valence-corrected chi connectivity index (χ0v) is 10.9. The minimum Gasteiger partial charge on any atom is -0.489 e. The standard InChI is InChI=1S/C12H11Cl2NO3/c13-6-8(14)7-15-4-5-18-11-9(12(16)17)2-1-3-10(11)15/h1-3,6H,4-5,7H2,(H,16,17)/b8-6-. The van der Waals surface area contributed by atoms with Crippen molar-refractivity contribution in [1.82, 2.24) is 0 Å². The van der Waals surface area contributed by atoms with E-state index in [4.69, 9.17) is 33.0 Å². The van der Waals surface area contributed by atoms with Crippen LogP contribution in [0, 0.1) is 0 Å². The topological polar surface area (TPSA) is 49.8 Å². The predicted molar refractivity (Wildman–Crippen MR) is 70.9 cm³/mol. The number of halogens is 2. The highest BCUT2D eigenvalue weighted by molar-refractivity contribution is 6.36. The highest BCUT2D eigenvalue weighted by Gasteiger charge is 2.23. The maximum Gasteiger partial charge on any atom is 0.339 e. The van der Waals surface area contributed by atoms with Gasteiger partial charge in [0.15, 0.2) is 5.75 Å². The first-order chi connectivity index (χ1) is 8.63. The van der Waals surface area contributed by atoms with Crippen LogP contribution in [0.3, 0.4) is 0 Å². The van der Waals surface area contributed by atoms with E-state index in [9.17, 15) is 4.79 Å². The van der Waals surface area contributed by atoms with Gasteiger partial charge in [0, 0.05) is 10.6 Å². The van der Waals surface area contributed by atoms with E-state index in [1.54, 1.807) is 12.1 Å². The Morgan fingerprint density at radius 2 is 2.33 bits per heavy atom. The molecule has 0 atom stereocenters. The van der Waals surface area contributed by atoms with Crippen LogP contribution in [-0.4, -0.2) is 30.8 Å². The predicted octanol–water partition coefficient (Wildman–Crippen LogP) is 2.90. The normalized spacial score (nSPS) is 15.0. The van der Waals surface area contributed by atoms with Crippen molar-refractivity contribution in [2.45, 2.75) is 0 Å². The van der Waals surface area contributed by atoms with Gasteiger partial charge in [0.1, 0.15) is 12.2 Å². The number of fused-ring (bicyclic) bond motifs is 1. The van der Waals surface area contributed by atoms with Gasteiger partial charge in [-0.15, -0.1) is 0 Å². The van der Waals surface area contributed by atoms with E-state index in [2.05, 4.69) is 0 Å². The summed E-state index contributed by atoms with van der Waals surface area (Å²) in [5.41, 5.74) is 2.18. The number of rotatable bonds is 3. The van der Waals surface area contributed by atoms with Crippen LogP contribution in [-0.2, 0) is 0 Å². The summed E-state index contributed by atoms with van der Waals surface area (Å²) in [6, 6.07) is 5.01. The van der Waals surface area contributed by atoms with E-state index in [1.165, 1.54) is 11.6 Å². The van der Waals surface area contributed by atoms with Gasteiger partial charge in [0.25, 0.3) is 0 Å². The van der Waals surface area contributed by atoms with E-state index in [0.29, 0.717) is 30.5 Å². The van der Waals surface area contributed by atoms with Gasteiger partial charge >= 0.3 is 5.97 Å². The fraction of sp³-hybridized carbons (Fsp3) is 0.250. The lowest BCUT2D eigenvalue weighted by molar-refractivity contribution is 0.0692. The summed E-state index contributed by atoms with van der Waals surface area (Å²) in [4.78, 5) is 13.0. The van der Waals surface area contributed by atoms with Crippen LogP contribution in [0.2, 0.25) is 0 Å². The molecule has 0 bridgehead atoms. The third-order valence-corrected chi connectivity index (χ3v) is 3.24. The molecule has 1 aliphatic heterocycles. The van der Waals surface area contributed by atoms with Gasteiger partial charge in [-0.2, -0.15) is 0 Å². The molecule has 1 heterocycles. The zero-order chi connectivity index (χ0) is 13.1. The van der Waals surface area contributed by atoms with Crippen molar-refractivity contribution in [3.63, 3.8) is 0 Å². The number of anilines is 1. The Morgan fingerprint density at radius 3 is 3.00 bits per heavy atom. The van der Waals surface area contributed by atoms with E-state index in [0.717, 1.165) is 5.69 Å². The first-order valence-corrected chi connectivity index (χ1v) is 6.13. The molecule has 0 spiro atoms. The molecule has 0 aromatic heterocycles. The van der Waals surface area contributed by atoms with Crippen LogP contribution < -0.4 is 9.64 Å². The lowest BCUT2D eigenvalue weighted by Gasteiger charge is -2.31. The molecule has 18 heavy (non-hydrogen) atoms. The van der Waals surface area contributed by atoms with Crippen LogP contribution in [0.1, 0.15) is 10.4 Å². The molecule has 1 N–H and O–H groups in total. The van der Waals surface area contributed by atoms with E-state index >= 15 is 0 Å². The van der Waals surface area contributed by atoms with Gasteiger partial charge in [0.2, 0.25) is 0 Å². The molecular formula is C12H11Cl2NO3. The van der Waals surface area contributed by atoms with E-state index in [-0.39, 0.29) is 5.56 Å². The Bertz CT molecular complexity index is 502. The molecule has 2 rings (SSSR count). The van der Waals surface area contributed by atoms with Crippen molar-refractivity contribution >= 4 is 34.9 Å². The number of para-hydroxylation sites is 1. The number of ether oxygens (including phenoxy) is 1. The van der Waals surface area contributed by atoms with Gasteiger partial charge in [-0.3, -0.25) is 0 Å². The molecule has 4 nitrogen and oxygen atoms in total. The van der Waals surface area contributed by atoms with Crippen molar-refractivity contribution in [3.05, 3.63) is 34.3 Å². The fourth-order valence-electron chi connectivity index (χ4n) is 1.85. The Morgan fingerprint density at radius 1 is 1.56 bits per heavy atom. The molecule has 0 saturated heterocycles. The number of hydrogen-bond donors (Lipinski definition) is 1. The van der Waals surface area contributed by atoms with Gasteiger partial charge in [0.05, 0.1) is 18.8 Å². The summed E-state index contributed by atoms with van der Waals surface area (Å²) in [6.45, 7) is 1.49. The van der Waals surface area contributed by atoms with Crippen molar-refractivity contribution in [3.8, 4) is 5.75 Å². The number of carboxylic acids is 1. The second-order valence-corrected chi connectivity index (χ2v) is 4.49. The minimum atomic E-state index is -1.01. The van der Waals surface area contributed by atoms with Crippen molar-refractivity contribution in [2.75, 3.05) is 24.6 Å². The third-order valence-electron chi connectivity index (χ3n) is 2.63. The van der Waals surface area contributed by atoms with Crippen LogP contribution in [0.25, 0.3) is 0 Å². The van der Waals surface area contributed by atoms with Crippen molar-refractivity contribution in [1.29, 1.82) is 0 Å². The Labute approximate surface area is 114 Å². The maximum atomic E-state index is 11.1. The molecule has 0 amide bonds. The molecule has 0 fully saturated rings. The highest BCUT2D eigenvalue weighted by Crippen LogP contribution is 2.35. The first-order valence-electron chi connectivity index (χ1n) is 5.32.